The van der Waals surface area contributed by atoms with Crippen molar-refractivity contribution in [3.63, 3.8) is 0 Å². The average molecular weight is 324 g/mol. The van der Waals surface area contributed by atoms with Crippen LogP contribution < -0.4 is 4.90 Å². The lowest BCUT2D eigenvalue weighted by molar-refractivity contribution is -0.118. The molecule has 23 heavy (non-hydrogen) atoms. The summed E-state index contributed by atoms with van der Waals surface area (Å²) in [7, 11) is 0. The highest BCUT2D eigenvalue weighted by Crippen LogP contribution is 2.48. The van der Waals surface area contributed by atoms with Gasteiger partial charge in [0.25, 0.3) is 0 Å². The van der Waals surface area contributed by atoms with E-state index in [1.807, 2.05) is 53.4 Å². The SMILES string of the molecule is [N-]=[N+]=NCCCCC(=O)N1c2ccccc2Sc2ccccc21. The second-order valence-electron chi connectivity index (χ2n) is 5.18. The zero-order valence-corrected chi connectivity index (χ0v) is 13.4. The van der Waals surface area contributed by atoms with Gasteiger partial charge >= 0.3 is 0 Å². The number of hydrogen-bond acceptors (Lipinski definition) is 3. The standard InChI is InChI=1S/C17H16N4OS/c18-20-19-12-6-5-11-17(22)21-13-7-1-3-9-15(13)23-16-10-4-2-8-14(16)21/h1-4,7-10H,5-6,11-12H2. The Bertz CT molecular complexity index is 725. The Morgan fingerprint density at radius 3 is 2.26 bits per heavy atom. The van der Waals surface area contributed by atoms with Gasteiger partial charge in [0, 0.05) is 27.7 Å². The molecule has 0 spiro atoms. The first-order chi connectivity index (χ1) is 11.3. The van der Waals surface area contributed by atoms with E-state index >= 15 is 0 Å². The topological polar surface area (TPSA) is 69.1 Å². The third-order valence-electron chi connectivity index (χ3n) is 3.64. The molecular formula is C17H16N4OS. The molecule has 0 saturated carbocycles. The van der Waals surface area contributed by atoms with Gasteiger partial charge in [-0.15, -0.1) is 0 Å². The van der Waals surface area contributed by atoms with Gasteiger partial charge in [0.15, 0.2) is 0 Å². The summed E-state index contributed by atoms with van der Waals surface area (Å²) in [5, 5.41) is 3.51. The van der Waals surface area contributed by atoms with Gasteiger partial charge < -0.3 is 0 Å². The second kappa shape index (κ2) is 7.22. The zero-order valence-electron chi connectivity index (χ0n) is 12.6. The lowest BCUT2D eigenvalue weighted by atomic mass is 10.1. The number of amides is 1. The van der Waals surface area contributed by atoms with Crippen LogP contribution in [0, 0.1) is 0 Å². The maximum atomic E-state index is 12.8. The summed E-state index contributed by atoms with van der Waals surface area (Å²) in [6, 6.07) is 15.9. The molecule has 2 aromatic carbocycles. The number of hydrogen-bond donors (Lipinski definition) is 0. The van der Waals surface area contributed by atoms with Crippen molar-refractivity contribution in [1.29, 1.82) is 0 Å². The first-order valence-corrected chi connectivity index (χ1v) is 8.32. The van der Waals surface area contributed by atoms with Crippen LogP contribution in [0.5, 0.6) is 0 Å². The number of unbranched alkanes of at least 4 members (excludes halogenated alkanes) is 1. The van der Waals surface area contributed by atoms with E-state index < -0.39 is 0 Å². The first-order valence-electron chi connectivity index (χ1n) is 7.51. The predicted molar refractivity (Wildman–Crippen MR) is 92.0 cm³/mol. The molecule has 1 aliphatic heterocycles. The predicted octanol–water partition coefficient (Wildman–Crippen LogP) is 5.30. The number of azide groups is 1. The highest BCUT2D eigenvalue weighted by molar-refractivity contribution is 7.99. The molecule has 0 radical (unpaired) electrons. The molecular weight excluding hydrogens is 308 g/mol. The molecule has 0 saturated heterocycles. The average Bonchev–Trinajstić information content (AvgIpc) is 2.59. The van der Waals surface area contributed by atoms with Gasteiger partial charge in [-0.3, -0.25) is 9.69 Å². The number of benzene rings is 2. The number of carbonyl (C=O) groups is 1. The Kier molecular flexibility index (Phi) is 4.86. The van der Waals surface area contributed by atoms with Crippen molar-refractivity contribution in [1.82, 2.24) is 0 Å². The fraction of sp³-hybridized carbons (Fsp3) is 0.235. The van der Waals surface area contributed by atoms with Crippen LogP contribution in [-0.4, -0.2) is 12.5 Å². The molecule has 1 heterocycles. The number of anilines is 2. The van der Waals surface area contributed by atoms with Gasteiger partial charge in [-0.05, 0) is 42.6 Å². The maximum absolute atomic E-state index is 12.8. The van der Waals surface area contributed by atoms with Gasteiger partial charge in [0.2, 0.25) is 5.91 Å². The fourth-order valence-electron chi connectivity index (χ4n) is 2.59. The van der Waals surface area contributed by atoms with Crippen LogP contribution in [0.3, 0.4) is 0 Å². The number of carbonyl (C=O) groups excluding carboxylic acids is 1. The molecule has 3 rings (SSSR count). The van der Waals surface area contributed by atoms with Crippen molar-refractivity contribution in [2.24, 2.45) is 5.11 Å². The van der Waals surface area contributed by atoms with E-state index in [4.69, 9.17) is 5.53 Å². The lowest BCUT2D eigenvalue weighted by Crippen LogP contribution is -2.28. The van der Waals surface area contributed by atoms with Crippen LogP contribution in [0.4, 0.5) is 11.4 Å². The fourth-order valence-corrected chi connectivity index (χ4v) is 3.65. The third kappa shape index (κ3) is 3.33. The quantitative estimate of drug-likeness (QED) is 0.324. The van der Waals surface area contributed by atoms with E-state index in [1.165, 1.54) is 0 Å². The van der Waals surface area contributed by atoms with Gasteiger partial charge in [-0.2, -0.15) is 0 Å². The van der Waals surface area contributed by atoms with E-state index in [0.717, 1.165) is 27.6 Å². The van der Waals surface area contributed by atoms with Crippen LogP contribution >= 0.6 is 11.8 Å². The normalized spacial score (nSPS) is 12.1. The summed E-state index contributed by atoms with van der Waals surface area (Å²) < 4.78 is 0. The Morgan fingerprint density at radius 1 is 1.04 bits per heavy atom. The number of para-hydroxylation sites is 2. The summed E-state index contributed by atoms with van der Waals surface area (Å²) in [4.78, 5) is 19.5. The maximum Gasteiger partial charge on any atom is 0.231 e. The molecule has 0 atom stereocenters. The third-order valence-corrected chi connectivity index (χ3v) is 4.77. The molecule has 2 aromatic rings. The van der Waals surface area contributed by atoms with E-state index in [-0.39, 0.29) is 5.91 Å². The highest BCUT2D eigenvalue weighted by atomic mass is 32.2. The number of rotatable bonds is 5. The van der Waals surface area contributed by atoms with Crippen molar-refractivity contribution < 1.29 is 4.79 Å². The molecule has 116 valence electrons. The van der Waals surface area contributed by atoms with Crippen LogP contribution in [0.15, 0.2) is 63.4 Å². The Morgan fingerprint density at radius 2 is 1.65 bits per heavy atom. The summed E-state index contributed by atoms with van der Waals surface area (Å²) >= 11 is 1.69. The van der Waals surface area contributed by atoms with Gasteiger partial charge in [0.1, 0.15) is 0 Å². The summed E-state index contributed by atoms with van der Waals surface area (Å²) in [5.74, 6) is 0.0751. The molecule has 0 aliphatic carbocycles. The molecule has 1 amide bonds. The zero-order chi connectivity index (χ0) is 16.1. The molecule has 1 aliphatic rings. The summed E-state index contributed by atoms with van der Waals surface area (Å²) in [6.45, 7) is 0.437. The van der Waals surface area contributed by atoms with Crippen molar-refractivity contribution in [3.05, 3.63) is 59.0 Å². The molecule has 0 unspecified atom stereocenters. The Labute approximate surface area is 138 Å². The van der Waals surface area contributed by atoms with E-state index in [2.05, 4.69) is 10.0 Å². The van der Waals surface area contributed by atoms with Crippen LogP contribution in [-0.2, 0) is 4.79 Å². The Balaban J connectivity index is 1.83. The minimum absolute atomic E-state index is 0.0751. The van der Waals surface area contributed by atoms with Crippen LogP contribution in [0.25, 0.3) is 10.4 Å². The first kappa shape index (κ1) is 15.5. The van der Waals surface area contributed by atoms with Gasteiger partial charge in [-0.1, -0.05) is 41.1 Å². The second-order valence-corrected chi connectivity index (χ2v) is 6.26. The molecule has 5 nitrogen and oxygen atoms in total. The van der Waals surface area contributed by atoms with Gasteiger partial charge in [0.05, 0.1) is 11.4 Å². The molecule has 0 aromatic heterocycles. The van der Waals surface area contributed by atoms with Crippen LogP contribution in [0.2, 0.25) is 0 Å². The minimum atomic E-state index is 0.0751. The van der Waals surface area contributed by atoms with Crippen molar-refractivity contribution in [2.45, 2.75) is 29.1 Å². The lowest BCUT2D eigenvalue weighted by Gasteiger charge is -2.31. The molecule has 0 fully saturated rings. The molecule has 6 heteroatoms. The van der Waals surface area contributed by atoms with E-state index in [0.29, 0.717) is 19.4 Å². The largest absolute Gasteiger partial charge is 0.279 e. The van der Waals surface area contributed by atoms with Crippen molar-refractivity contribution in [2.75, 3.05) is 11.4 Å². The summed E-state index contributed by atoms with van der Waals surface area (Å²) in [5.41, 5.74) is 10.2. The summed E-state index contributed by atoms with van der Waals surface area (Å²) in [6.07, 6.45) is 1.88. The molecule has 0 N–H and O–H groups in total. The van der Waals surface area contributed by atoms with Gasteiger partial charge in [-0.25, -0.2) is 0 Å². The van der Waals surface area contributed by atoms with E-state index in [1.54, 1.807) is 11.8 Å². The number of fused-ring (bicyclic) bond motifs is 2. The van der Waals surface area contributed by atoms with E-state index in [9.17, 15) is 4.79 Å². The van der Waals surface area contributed by atoms with Crippen molar-refractivity contribution in [3.8, 4) is 0 Å². The monoisotopic (exact) mass is 324 g/mol. The smallest absolute Gasteiger partial charge is 0.231 e. The number of nitrogens with zero attached hydrogens (tertiary/aromatic N) is 4. The minimum Gasteiger partial charge on any atom is -0.279 e. The Hall–Kier alpha value is -2.43. The molecule has 0 bridgehead atoms. The highest BCUT2D eigenvalue weighted by Gasteiger charge is 2.27. The van der Waals surface area contributed by atoms with Crippen LogP contribution in [0.1, 0.15) is 19.3 Å². The van der Waals surface area contributed by atoms with Crippen molar-refractivity contribution >= 4 is 29.0 Å².